The fourth-order valence-electron chi connectivity index (χ4n) is 3.23. The minimum atomic E-state index is -4.75. The third-order valence-corrected chi connectivity index (χ3v) is 5.93. The fourth-order valence-corrected chi connectivity index (χ4v) is 4.34. The van der Waals surface area contributed by atoms with E-state index >= 15 is 0 Å². The van der Waals surface area contributed by atoms with Gasteiger partial charge in [-0.3, -0.25) is 4.79 Å². The van der Waals surface area contributed by atoms with E-state index in [0.717, 1.165) is 28.2 Å². The molecule has 1 heterocycles. The van der Waals surface area contributed by atoms with E-state index in [9.17, 15) is 22.4 Å². The number of benzene rings is 3. The van der Waals surface area contributed by atoms with Gasteiger partial charge in [0.15, 0.2) is 0 Å². The molecule has 0 bridgehead atoms. The molecule has 0 spiro atoms. The Hall–Kier alpha value is -3.70. The van der Waals surface area contributed by atoms with Crippen LogP contribution in [0.1, 0.15) is 31.9 Å². The first-order valence-corrected chi connectivity index (χ1v) is 10.1. The first-order valence-electron chi connectivity index (χ1n) is 9.33. The van der Waals surface area contributed by atoms with Gasteiger partial charge in [-0.1, -0.05) is 18.2 Å². The highest BCUT2D eigenvalue weighted by Crippen LogP contribution is 2.40. The molecular weight excluding hydrogens is 442 g/mol. The molecule has 0 amide bonds. The molecule has 0 aliphatic heterocycles. The van der Waals surface area contributed by atoms with Gasteiger partial charge < -0.3 is 4.74 Å². The van der Waals surface area contributed by atoms with E-state index in [1.54, 1.807) is 24.3 Å². The summed E-state index contributed by atoms with van der Waals surface area (Å²) in [6.45, 7) is -0.497. The van der Waals surface area contributed by atoms with Gasteiger partial charge in [-0.15, -0.1) is 11.3 Å². The fraction of sp³-hybridized carbons (Fsp3) is 0.0833. The number of hydrogen-bond acceptors (Lipinski definition) is 4. The summed E-state index contributed by atoms with van der Waals surface area (Å²) >= 11 is 1.16. The zero-order valence-electron chi connectivity index (χ0n) is 16.2. The molecule has 0 unspecified atom stereocenters. The van der Waals surface area contributed by atoms with Gasteiger partial charge in [-0.05, 0) is 48.5 Å². The standard InChI is InChI=1S/C24H13F4NO2S/c25-17-10-9-16(19(11-17)24(26,27)28)13-31-22-18-3-1-2-4-20(18)32-23(22)21(30)15-7-5-14(12-29)6-8-15/h1-11H,13H2. The number of ketones is 1. The number of thiophene rings is 1. The number of ether oxygens (including phenoxy) is 1. The maximum Gasteiger partial charge on any atom is 0.416 e. The van der Waals surface area contributed by atoms with Crippen molar-refractivity contribution in [2.75, 3.05) is 0 Å². The Labute approximate surface area is 184 Å². The summed E-state index contributed by atoms with van der Waals surface area (Å²) in [6.07, 6.45) is -4.75. The van der Waals surface area contributed by atoms with Crippen LogP contribution in [0.4, 0.5) is 17.6 Å². The number of nitrogens with zero attached hydrogens (tertiary/aromatic N) is 1. The molecule has 0 N–H and O–H groups in total. The first kappa shape index (κ1) is 21.5. The van der Waals surface area contributed by atoms with E-state index in [1.165, 1.54) is 24.3 Å². The maximum atomic E-state index is 13.4. The maximum absolute atomic E-state index is 13.4. The monoisotopic (exact) mass is 455 g/mol. The quantitative estimate of drug-likeness (QED) is 0.247. The molecule has 0 atom stereocenters. The van der Waals surface area contributed by atoms with Crippen molar-refractivity contribution >= 4 is 27.2 Å². The Morgan fingerprint density at radius 1 is 1.03 bits per heavy atom. The largest absolute Gasteiger partial charge is 0.487 e. The van der Waals surface area contributed by atoms with Crippen molar-refractivity contribution in [3.63, 3.8) is 0 Å². The van der Waals surface area contributed by atoms with E-state index in [2.05, 4.69) is 0 Å². The number of carbonyl (C=O) groups is 1. The van der Waals surface area contributed by atoms with Gasteiger partial charge in [0.25, 0.3) is 0 Å². The van der Waals surface area contributed by atoms with Crippen molar-refractivity contribution in [3.05, 3.63) is 99.7 Å². The van der Waals surface area contributed by atoms with Crippen LogP contribution >= 0.6 is 11.3 Å². The summed E-state index contributed by atoms with van der Waals surface area (Å²) in [5.74, 6) is -1.21. The molecule has 8 heteroatoms. The molecular formula is C24H13F4NO2S. The minimum absolute atomic E-state index is 0.164. The van der Waals surface area contributed by atoms with E-state index < -0.39 is 24.2 Å². The van der Waals surface area contributed by atoms with Crippen LogP contribution in [0.3, 0.4) is 0 Å². The third kappa shape index (κ3) is 4.20. The lowest BCUT2D eigenvalue weighted by Gasteiger charge is -2.14. The molecule has 0 aliphatic rings. The zero-order chi connectivity index (χ0) is 22.9. The molecule has 3 aromatic carbocycles. The number of fused-ring (bicyclic) bond motifs is 1. The van der Waals surface area contributed by atoms with Crippen molar-refractivity contribution in [2.24, 2.45) is 0 Å². The predicted octanol–water partition coefficient (Wildman–Crippen LogP) is 6.74. The van der Waals surface area contributed by atoms with Crippen LogP contribution in [-0.2, 0) is 12.8 Å². The van der Waals surface area contributed by atoms with E-state index in [0.29, 0.717) is 22.6 Å². The van der Waals surface area contributed by atoms with Crippen LogP contribution in [0.5, 0.6) is 5.75 Å². The summed E-state index contributed by atoms with van der Waals surface area (Å²) in [7, 11) is 0. The van der Waals surface area contributed by atoms with Gasteiger partial charge in [0.2, 0.25) is 5.78 Å². The predicted molar refractivity (Wildman–Crippen MR) is 112 cm³/mol. The molecule has 1 aromatic heterocycles. The van der Waals surface area contributed by atoms with E-state index in [4.69, 9.17) is 10.00 Å². The SMILES string of the molecule is N#Cc1ccc(C(=O)c2sc3ccccc3c2OCc2ccc(F)cc2C(F)(F)F)cc1. The van der Waals surface area contributed by atoms with Crippen LogP contribution in [-0.4, -0.2) is 5.78 Å². The lowest BCUT2D eigenvalue weighted by Crippen LogP contribution is -2.12. The molecule has 0 radical (unpaired) electrons. The smallest absolute Gasteiger partial charge is 0.416 e. The summed E-state index contributed by atoms with van der Waals surface area (Å²) in [6, 6.07) is 17.4. The number of rotatable bonds is 5. The summed E-state index contributed by atoms with van der Waals surface area (Å²) in [5, 5.41) is 9.53. The number of nitriles is 1. The first-order chi connectivity index (χ1) is 15.3. The average Bonchev–Trinajstić information content (AvgIpc) is 3.15. The number of alkyl halides is 3. The van der Waals surface area contributed by atoms with E-state index in [1.807, 2.05) is 6.07 Å². The number of carbonyl (C=O) groups excluding carboxylic acids is 1. The van der Waals surface area contributed by atoms with Gasteiger partial charge in [-0.25, -0.2) is 4.39 Å². The number of halogens is 4. The zero-order valence-corrected chi connectivity index (χ0v) is 17.1. The Bertz CT molecular complexity index is 1350. The normalized spacial score (nSPS) is 11.3. The van der Waals surface area contributed by atoms with Gasteiger partial charge in [0.1, 0.15) is 23.1 Å². The highest BCUT2D eigenvalue weighted by molar-refractivity contribution is 7.21. The Morgan fingerprint density at radius 2 is 1.75 bits per heavy atom. The second kappa shape index (κ2) is 8.44. The number of hydrogen-bond donors (Lipinski definition) is 0. The summed E-state index contributed by atoms with van der Waals surface area (Å²) < 4.78 is 59.9. The second-order valence-electron chi connectivity index (χ2n) is 6.86. The van der Waals surface area contributed by atoms with Crippen molar-refractivity contribution in [3.8, 4) is 11.8 Å². The highest BCUT2D eigenvalue weighted by atomic mass is 32.1. The molecule has 0 saturated carbocycles. The topological polar surface area (TPSA) is 50.1 Å². The van der Waals surface area contributed by atoms with Gasteiger partial charge in [0, 0.05) is 21.2 Å². The molecule has 4 rings (SSSR count). The molecule has 3 nitrogen and oxygen atoms in total. The molecule has 32 heavy (non-hydrogen) atoms. The Kier molecular flexibility index (Phi) is 5.68. The van der Waals surface area contributed by atoms with Crippen LogP contribution in [0.2, 0.25) is 0 Å². The molecule has 160 valence electrons. The molecule has 0 fully saturated rings. The molecule has 0 saturated heterocycles. The van der Waals surface area contributed by atoms with Crippen molar-refractivity contribution < 1.29 is 27.1 Å². The van der Waals surface area contributed by atoms with Crippen LogP contribution in [0.25, 0.3) is 10.1 Å². The summed E-state index contributed by atoms with van der Waals surface area (Å²) in [4.78, 5) is 13.4. The Balaban J connectivity index is 1.73. The van der Waals surface area contributed by atoms with Crippen LogP contribution < -0.4 is 4.74 Å². The Morgan fingerprint density at radius 3 is 2.44 bits per heavy atom. The lowest BCUT2D eigenvalue weighted by molar-refractivity contribution is -0.138. The second-order valence-corrected chi connectivity index (χ2v) is 7.91. The van der Waals surface area contributed by atoms with Crippen LogP contribution in [0.15, 0.2) is 66.7 Å². The van der Waals surface area contributed by atoms with Crippen molar-refractivity contribution in [2.45, 2.75) is 12.8 Å². The highest BCUT2D eigenvalue weighted by Gasteiger charge is 2.34. The third-order valence-electron chi connectivity index (χ3n) is 4.78. The molecule has 4 aromatic rings. The minimum Gasteiger partial charge on any atom is -0.487 e. The summed E-state index contributed by atoms with van der Waals surface area (Å²) in [5.41, 5.74) is -0.661. The molecule has 0 aliphatic carbocycles. The van der Waals surface area contributed by atoms with Crippen LogP contribution in [0, 0.1) is 17.1 Å². The van der Waals surface area contributed by atoms with Crippen molar-refractivity contribution in [1.82, 2.24) is 0 Å². The van der Waals surface area contributed by atoms with Gasteiger partial charge in [0.05, 0.1) is 17.2 Å². The lowest BCUT2D eigenvalue weighted by atomic mass is 10.1. The van der Waals surface area contributed by atoms with Gasteiger partial charge >= 0.3 is 6.18 Å². The van der Waals surface area contributed by atoms with Crippen molar-refractivity contribution in [1.29, 1.82) is 5.26 Å². The average molecular weight is 455 g/mol. The van der Waals surface area contributed by atoms with Gasteiger partial charge in [-0.2, -0.15) is 18.4 Å². The van der Waals surface area contributed by atoms with E-state index in [-0.39, 0.29) is 22.0 Å².